The lowest BCUT2D eigenvalue weighted by atomic mass is 9.97. The molecule has 24 heteroatoms. The summed E-state index contributed by atoms with van der Waals surface area (Å²) in [5, 5.41) is 21.5. The molecule has 5 N–H and O–H groups in total. The van der Waals surface area contributed by atoms with Crippen molar-refractivity contribution < 1.29 is 65.0 Å². The molecule has 0 saturated carbocycles. The van der Waals surface area contributed by atoms with Gasteiger partial charge in [0.15, 0.2) is 0 Å². The van der Waals surface area contributed by atoms with E-state index in [4.69, 9.17) is 23.2 Å². The first kappa shape index (κ1) is 59.2. The monoisotopic (exact) mass is 1060 g/mol. The number of alkyl halides is 6. The molecule has 0 unspecified atom stereocenters. The van der Waals surface area contributed by atoms with Crippen LogP contribution < -0.4 is 21.3 Å². The van der Waals surface area contributed by atoms with Gasteiger partial charge in [-0.2, -0.15) is 13.2 Å². The van der Waals surface area contributed by atoms with Gasteiger partial charge in [0.1, 0.15) is 41.9 Å². The van der Waals surface area contributed by atoms with Gasteiger partial charge < -0.3 is 46.0 Å². The molecular weight excluding hydrogens is 989 g/mol. The van der Waals surface area contributed by atoms with Crippen LogP contribution in [0, 0.1) is 5.92 Å². The molecule has 4 rings (SSSR count). The van der Waals surface area contributed by atoms with Crippen molar-refractivity contribution in [1.82, 2.24) is 40.9 Å². The fraction of sp³-hybridized carbons (Fsp3) is 0.723. The molecule has 3 aliphatic heterocycles. The van der Waals surface area contributed by atoms with Gasteiger partial charge >= 0.3 is 6.18 Å². The molecule has 0 aliphatic carbocycles. The molecule has 1 aromatic carbocycles. The van der Waals surface area contributed by atoms with Crippen LogP contribution in [0.3, 0.4) is 0 Å². The molecule has 0 aromatic heterocycles. The maximum atomic E-state index is 14.9. The third kappa shape index (κ3) is 15.8. The Morgan fingerprint density at radius 1 is 1.01 bits per heavy atom. The number of rotatable bonds is 14. The number of amides is 7. The van der Waals surface area contributed by atoms with E-state index in [0.717, 1.165) is 9.80 Å². The first-order valence-corrected chi connectivity index (χ1v) is 24.6. The van der Waals surface area contributed by atoms with Gasteiger partial charge in [0.2, 0.25) is 41.0 Å². The maximum Gasteiger partial charge on any atom is 0.426 e. The standard InChI is InChI=1S/C47H68Cl2F6N8O8/c1-27(2)22-33-41(68)61(7)35(24-28-23-29(48)14-15-31(28)49)39(66)59-44(3,4)42(69)56-18-10-8-13-34(37(64)58-33)60(6)40(67)32(12-9-11-19-62-20-16-46(51,52)17-21-62)57-38(65)36-25-30(50)26-63(36)43(70)45(5,71)47(53,54)55/h14-15,23,27,30,32-36,71H,8-13,16-22,24-26H2,1-7H3,(H,56,69)(H,57,65)(H,58,64)(H,59,66)/t30-,32+,33+,34+,35+,36+,45-/m1/s1. The summed E-state index contributed by atoms with van der Waals surface area (Å²) in [5.41, 5.74) is -5.06. The van der Waals surface area contributed by atoms with Crippen molar-refractivity contribution in [3.05, 3.63) is 33.8 Å². The van der Waals surface area contributed by atoms with Gasteiger partial charge in [-0.25, -0.2) is 13.2 Å². The van der Waals surface area contributed by atoms with Crippen LogP contribution in [0.25, 0.3) is 0 Å². The van der Waals surface area contributed by atoms with Gasteiger partial charge in [-0.3, -0.25) is 33.6 Å². The molecule has 0 spiro atoms. The van der Waals surface area contributed by atoms with Crippen LogP contribution in [-0.2, 0) is 40.0 Å². The van der Waals surface area contributed by atoms with E-state index < -0.39 is 114 Å². The quantitative estimate of drug-likeness (QED) is 0.131. The number of hydrogen-bond acceptors (Lipinski definition) is 9. The smallest absolute Gasteiger partial charge is 0.373 e. The number of aliphatic hydroxyl groups is 1. The van der Waals surface area contributed by atoms with E-state index in [0.29, 0.717) is 23.6 Å². The number of nitrogens with zero attached hydrogens (tertiary/aromatic N) is 4. The van der Waals surface area contributed by atoms with Gasteiger partial charge in [0.25, 0.3) is 11.8 Å². The fourth-order valence-corrected chi connectivity index (χ4v) is 9.27. The normalized spacial score (nSPS) is 25.5. The summed E-state index contributed by atoms with van der Waals surface area (Å²) < 4.78 is 83.9. The molecule has 3 fully saturated rings. The van der Waals surface area contributed by atoms with Crippen LogP contribution in [0.1, 0.15) is 104 Å². The lowest BCUT2D eigenvalue weighted by Crippen LogP contribution is -2.62. The summed E-state index contributed by atoms with van der Waals surface area (Å²) in [5.74, 6) is -9.87. The lowest BCUT2D eigenvalue weighted by Gasteiger charge is -2.36. The van der Waals surface area contributed by atoms with Crippen molar-refractivity contribution in [1.29, 1.82) is 0 Å². The molecule has 1 aromatic rings. The number of carbonyl (C=O) groups is 7. The Labute approximate surface area is 420 Å². The Hall–Kier alpha value is -4.41. The molecule has 3 saturated heterocycles. The zero-order valence-electron chi connectivity index (χ0n) is 41.2. The van der Waals surface area contributed by atoms with Crippen molar-refractivity contribution in [2.75, 3.05) is 46.8 Å². The minimum Gasteiger partial charge on any atom is -0.373 e. The predicted molar refractivity (Wildman–Crippen MR) is 252 cm³/mol. The molecule has 3 heterocycles. The van der Waals surface area contributed by atoms with Crippen molar-refractivity contribution in [2.45, 2.75) is 165 Å². The van der Waals surface area contributed by atoms with Crippen LogP contribution in [0.4, 0.5) is 26.3 Å². The number of nitrogens with one attached hydrogen (secondary N) is 4. The summed E-state index contributed by atoms with van der Waals surface area (Å²) in [7, 11) is 2.63. The summed E-state index contributed by atoms with van der Waals surface area (Å²) in [4.78, 5) is 103. The zero-order valence-corrected chi connectivity index (χ0v) is 42.7. The second-order valence-corrected chi connectivity index (χ2v) is 20.9. The molecular formula is C47H68Cl2F6N8O8. The second kappa shape index (κ2) is 24.5. The number of piperidine rings is 1. The highest BCUT2D eigenvalue weighted by Gasteiger charge is 2.59. The number of unbranched alkanes of at least 4 members (excludes halogenated alkanes) is 1. The lowest BCUT2D eigenvalue weighted by molar-refractivity contribution is -0.250. The van der Waals surface area contributed by atoms with Crippen LogP contribution in [0.15, 0.2) is 18.2 Å². The average molecular weight is 1060 g/mol. The summed E-state index contributed by atoms with van der Waals surface area (Å²) in [6.07, 6.45) is -8.24. The SMILES string of the molecule is CC(C)C[C@@H]1NC(=O)[C@@H](N(C)C(=O)[C@H](CCCCN2CCC(F)(F)CC2)NC(=O)[C@@H]2C[C@@H](F)CN2C(=O)[C@@](C)(O)C(F)(F)F)CCCCNC(=O)C(C)(C)NC(=O)[C@H](Cc2cc(Cl)ccc2Cl)N(C)C1=O. The van der Waals surface area contributed by atoms with Crippen molar-refractivity contribution in [3.63, 3.8) is 0 Å². The van der Waals surface area contributed by atoms with Gasteiger partial charge in [-0.1, -0.05) is 37.0 Å². The highest BCUT2D eigenvalue weighted by molar-refractivity contribution is 6.33. The van der Waals surface area contributed by atoms with Gasteiger partial charge in [-0.05, 0) is 102 Å². The van der Waals surface area contributed by atoms with E-state index in [2.05, 4.69) is 21.3 Å². The molecule has 7 amide bonds. The third-order valence-electron chi connectivity index (χ3n) is 13.4. The van der Waals surface area contributed by atoms with Gasteiger partial charge in [0, 0.05) is 69.5 Å². The average Bonchev–Trinajstić information content (AvgIpc) is 3.67. The van der Waals surface area contributed by atoms with Crippen LogP contribution in [-0.4, -0.2) is 172 Å². The number of benzene rings is 1. The predicted octanol–water partition coefficient (Wildman–Crippen LogP) is 4.55. The molecule has 400 valence electrons. The first-order valence-electron chi connectivity index (χ1n) is 23.9. The molecule has 0 radical (unpaired) electrons. The van der Waals surface area contributed by atoms with Crippen LogP contribution in [0.5, 0.6) is 0 Å². The fourth-order valence-electron chi connectivity index (χ4n) is 8.88. The van der Waals surface area contributed by atoms with Gasteiger partial charge in [0.05, 0.1) is 6.54 Å². The highest BCUT2D eigenvalue weighted by atomic mass is 35.5. The Kier molecular flexibility index (Phi) is 20.4. The Morgan fingerprint density at radius 2 is 1.66 bits per heavy atom. The first-order chi connectivity index (χ1) is 32.9. The Morgan fingerprint density at radius 3 is 2.28 bits per heavy atom. The number of likely N-dealkylation sites (N-methyl/N-ethyl adjacent to an activating group) is 2. The van der Waals surface area contributed by atoms with E-state index >= 15 is 0 Å². The number of carbonyl (C=O) groups excluding carboxylic acids is 7. The highest BCUT2D eigenvalue weighted by Crippen LogP contribution is 2.35. The molecule has 0 bridgehead atoms. The summed E-state index contributed by atoms with van der Waals surface area (Å²) >= 11 is 12.8. The second-order valence-electron chi connectivity index (χ2n) is 20.1. The van der Waals surface area contributed by atoms with E-state index in [1.807, 2.05) is 4.90 Å². The third-order valence-corrected chi connectivity index (χ3v) is 14.0. The van der Waals surface area contributed by atoms with Crippen LogP contribution in [0.2, 0.25) is 10.0 Å². The minimum atomic E-state index is -5.49. The van der Waals surface area contributed by atoms with E-state index in [1.54, 1.807) is 19.9 Å². The van der Waals surface area contributed by atoms with Crippen molar-refractivity contribution in [2.24, 2.45) is 5.92 Å². The Bertz CT molecular complexity index is 2090. The summed E-state index contributed by atoms with van der Waals surface area (Å²) in [6.45, 7) is 6.43. The Balaban J connectivity index is 1.69. The topological polar surface area (TPSA) is 201 Å². The molecule has 3 aliphatic rings. The molecule has 71 heavy (non-hydrogen) atoms. The summed E-state index contributed by atoms with van der Waals surface area (Å²) in [6, 6.07) is -2.77. The number of hydrogen-bond donors (Lipinski definition) is 5. The minimum absolute atomic E-state index is 0.0557. The van der Waals surface area contributed by atoms with E-state index in [-0.39, 0.29) is 100 Å². The van der Waals surface area contributed by atoms with E-state index in [9.17, 15) is 65.0 Å². The molecule has 16 nitrogen and oxygen atoms in total. The zero-order chi connectivity index (χ0) is 53.4. The number of halogens is 8. The van der Waals surface area contributed by atoms with Crippen molar-refractivity contribution in [3.8, 4) is 0 Å². The van der Waals surface area contributed by atoms with E-state index in [1.165, 1.54) is 40.1 Å². The van der Waals surface area contributed by atoms with Crippen LogP contribution >= 0.6 is 23.2 Å². The maximum absolute atomic E-state index is 14.9. The molecule has 7 atom stereocenters. The number of likely N-dealkylation sites (tertiary alicyclic amines) is 2. The van der Waals surface area contributed by atoms with Gasteiger partial charge in [-0.15, -0.1) is 0 Å². The van der Waals surface area contributed by atoms with Crippen molar-refractivity contribution >= 4 is 64.6 Å². The largest absolute Gasteiger partial charge is 0.426 e.